The van der Waals surface area contributed by atoms with Crippen LogP contribution in [-0.2, 0) is 0 Å². The zero-order chi connectivity index (χ0) is 11.9. The van der Waals surface area contributed by atoms with Crippen molar-refractivity contribution in [1.29, 1.82) is 0 Å². The van der Waals surface area contributed by atoms with Gasteiger partial charge in [-0.2, -0.15) is 0 Å². The van der Waals surface area contributed by atoms with Crippen LogP contribution in [0.15, 0.2) is 0 Å². The van der Waals surface area contributed by atoms with Crippen molar-refractivity contribution in [3.05, 3.63) is 0 Å². The van der Waals surface area contributed by atoms with Gasteiger partial charge in [-0.15, -0.1) is 0 Å². The lowest BCUT2D eigenvalue weighted by Gasteiger charge is -2.06. The summed E-state index contributed by atoms with van der Waals surface area (Å²) >= 11 is 0. The van der Waals surface area contributed by atoms with Crippen LogP contribution in [0.4, 0.5) is 0 Å². The van der Waals surface area contributed by atoms with Crippen LogP contribution < -0.4 is 10.6 Å². The molecule has 1 atom stereocenters. The Bertz CT molecular complexity index is 90.5. The van der Waals surface area contributed by atoms with Crippen molar-refractivity contribution >= 4 is 0 Å². The normalized spacial score (nSPS) is 11.8. The molecule has 0 aliphatic heterocycles. The third-order valence-corrected chi connectivity index (χ3v) is 2.51. The Labute approximate surface area is 97.2 Å². The minimum atomic E-state index is 0.704. The fourth-order valence-electron chi connectivity index (χ4n) is 1.21. The number of rotatable bonds is 8. The molecule has 2 heteroatoms. The van der Waals surface area contributed by atoms with Crippen LogP contribution in [0.2, 0.25) is 0 Å². The monoisotopic (exact) mass is 216 g/mol. The van der Waals surface area contributed by atoms with Gasteiger partial charge < -0.3 is 10.6 Å². The van der Waals surface area contributed by atoms with Gasteiger partial charge in [-0.05, 0) is 40.4 Å². The summed E-state index contributed by atoms with van der Waals surface area (Å²) in [6, 6.07) is 0.704. The summed E-state index contributed by atoms with van der Waals surface area (Å²) in [6.45, 7) is 7.83. The van der Waals surface area contributed by atoms with Crippen LogP contribution >= 0.6 is 0 Å². The maximum Gasteiger partial charge on any atom is 0.00357 e. The lowest BCUT2D eigenvalue weighted by atomic mass is 10.1. The van der Waals surface area contributed by atoms with Crippen molar-refractivity contribution in [3.8, 4) is 0 Å². The second kappa shape index (κ2) is 16.4. The van der Waals surface area contributed by atoms with E-state index < -0.39 is 0 Å². The Morgan fingerprint density at radius 2 is 1.53 bits per heavy atom. The van der Waals surface area contributed by atoms with Gasteiger partial charge in [0.05, 0.1) is 0 Å². The third-order valence-electron chi connectivity index (χ3n) is 2.51. The Morgan fingerprint density at radius 3 is 1.93 bits per heavy atom. The van der Waals surface area contributed by atoms with E-state index >= 15 is 0 Å². The van der Waals surface area contributed by atoms with E-state index in [1.54, 1.807) is 0 Å². The molecule has 0 aliphatic rings. The zero-order valence-electron chi connectivity index (χ0n) is 11.5. The highest BCUT2D eigenvalue weighted by atomic mass is 14.8. The van der Waals surface area contributed by atoms with Crippen LogP contribution in [0.25, 0.3) is 0 Å². The van der Waals surface area contributed by atoms with Gasteiger partial charge in [0.2, 0.25) is 0 Å². The molecule has 2 N–H and O–H groups in total. The SMILES string of the molecule is CCCCC(C)NC.CCCCCNC. The average molecular weight is 216 g/mol. The van der Waals surface area contributed by atoms with E-state index in [1.807, 2.05) is 14.1 Å². The number of nitrogens with one attached hydrogen (secondary N) is 2. The van der Waals surface area contributed by atoms with Crippen LogP contribution in [-0.4, -0.2) is 26.7 Å². The predicted molar refractivity (Wildman–Crippen MR) is 71.5 cm³/mol. The first-order valence-corrected chi connectivity index (χ1v) is 6.54. The maximum absolute atomic E-state index is 3.20. The highest BCUT2D eigenvalue weighted by Gasteiger charge is 1.93. The van der Waals surface area contributed by atoms with Gasteiger partial charge in [0, 0.05) is 6.04 Å². The van der Waals surface area contributed by atoms with Crippen molar-refractivity contribution in [2.75, 3.05) is 20.6 Å². The Balaban J connectivity index is 0. The van der Waals surface area contributed by atoms with E-state index in [1.165, 1.54) is 45.1 Å². The van der Waals surface area contributed by atoms with E-state index in [0.717, 1.165) is 0 Å². The Kier molecular flexibility index (Phi) is 18.9. The summed E-state index contributed by atoms with van der Waals surface area (Å²) in [6.07, 6.45) is 7.98. The summed E-state index contributed by atoms with van der Waals surface area (Å²) in [5, 5.41) is 6.30. The maximum atomic E-state index is 3.20. The van der Waals surface area contributed by atoms with E-state index in [9.17, 15) is 0 Å². The first kappa shape index (κ1) is 17.3. The van der Waals surface area contributed by atoms with Gasteiger partial charge in [-0.3, -0.25) is 0 Å². The van der Waals surface area contributed by atoms with E-state index in [4.69, 9.17) is 0 Å². The number of unbranched alkanes of at least 4 members (excludes halogenated alkanes) is 3. The minimum Gasteiger partial charge on any atom is -0.320 e. The second-order valence-electron chi connectivity index (χ2n) is 4.14. The van der Waals surface area contributed by atoms with Crippen molar-refractivity contribution < 1.29 is 0 Å². The molecular formula is C13H32N2. The second-order valence-corrected chi connectivity index (χ2v) is 4.14. The largest absolute Gasteiger partial charge is 0.320 e. The average Bonchev–Trinajstić information content (AvgIpc) is 2.27. The molecule has 0 radical (unpaired) electrons. The van der Waals surface area contributed by atoms with Gasteiger partial charge >= 0.3 is 0 Å². The molecule has 0 bridgehead atoms. The molecule has 0 heterocycles. The molecule has 0 rings (SSSR count). The molecule has 2 nitrogen and oxygen atoms in total. The van der Waals surface area contributed by atoms with E-state index in [0.29, 0.717) is 6.04 Å². The van der Waals surface area contributed by atoms with Gasteiger partial charge in [-0.1, -0.05) is 39.5 Å². The van der Waals surface area contributed by atoms with E-state index in [2.05, 4.69) is 31.4 Å². The van der Waals surface area contributed by atoms with Gasteiger partial charge in [0.15, 0.2) is 0 Å². The zero-order valence-corrected chi connectivity index (χ0v) is 11.5. The molecule has 1 unspecified atom stereocenters. The highest BCUT2D eigenvalue weighted by Crippen LogP contribution is 1.97. The summed E-state index contributed by atoms with van der Waals surface area (Å²) in [5.74, 6) is 0. The van der Waals surface area contributed by atoms with Crippen molar-refractivity contribution in [1.82, 2.24) is 10.6 Å². The van der Waals surface area contributed by atoms with Crippen molar-refractivity contribution in [2.45, 2.75) is 65.3 Å². The topological polar surface area (TPSA) is 24.1 Å². The lowest BCUT2D eigenvalue weighted by Crippen LogP contribution is -2.20. The number of hydrogen-bond donors (Lipinski definition) is 2. The fraction of sp³-hybridized carbons (Fsp3) is 1.00. The Hall–Kier alpha value is -0.0800. The summed E-state index contributed by atoms with van der Waals surface area (Å²) in [4.78, 5) is 0. The lowest BCUT2D eigenvalue weighted by molar-refractivity contribution is 0.537. The molecule has 0 aromatic carbocycles. The number of hydrogen-bond acceptors (Lipinski definition) is 2. The quantitative estimate of drug-likeness (QED) is 0.609. The predicted octanol–water partition coefficient (Wildman–Crippen LogP) is 3.18. The summed E-state index contributed by atoms with van der Waals surface area (Å²) in [7, 11) is 4.01. The molecule has 0 aliphatic carbocycles. The standard InChI is InChI=1S/C7H17N.C6H15N/c1-4-5-6-7(2)8-3;1-3-4-5-6-7-2/h7-8H,4-6H2,1-3H3;7H,3-6H2,1-2H3. The van der Waals surface area contributed by atoms with E-state index in [-0.39, 0.29) is 0 Å². The smallest absolute Gasteiger partial charge is 0.00357 e. The Morgan fingerprint density at radius 1 is 0.933 bits per heavy atom. The fourth-order valence-corrected chi connectivity index (χ4v) is 1.21. The van der Waals surface area contributed by atoms with Crippen molar-refractivity contribution in [2.24, 2.45) is 0 Å². The first-order valence-electron chi connectivity index (χ1n) is 6.54. The molecule has 0 saturated carbocycles. The minimum absolute atomic E-state index is 0.704. The van der Waals surface area contributed by atoms with Crippen LogP contribution in [0, 0.1) is 0 Å². The molecule has 0 fully saturated rings. The summed E-state index contributed by atoms with van der Waals surface area (Å²) in [5.41, 5.74) is 0. The summed E-state index contributed by atoms with van der Waals surface area (Å²) < 4.78 is 0. The van der Waals surface area contributed by atoms with Crippen LogP contribution in [0.5, 0.6) is 0 Å². The van der Waals surface area contributed by atoms with Crippen LogP contribution in [0.1, 0.15) is 59.3 Å². The molecular weight excluding hydrogens is 184 g/mol. The molecule has 0 saturated heterocycles. The molecule has 0 aromatic rings. The molecule has 0 aromatic heterocycles. The van der Waals surface area contributed by atoms with Gasteiger partial charge in [-0.25, -0.2) is 0 Å². The third kappa shape index (κ3) is 20.1. The highest BCUT2D eigenvalue weighted by molar-refractivity contribution is 4.54. The molecule has 15 heavy (non-hydrogen) atoms. The molecule has 0 spiro atoms. The molecule has 94 valence electrons. The van der Waals surface area contributed by atoms with Crippen LogP contribution in [0.3, 0.4) is 0 Å². The molecule has 0 amide bonds. The van der Waals surface area contributed by atoms with Crippen molar-refractivity contribution in [3.63, 3.8) is 0 Å². The van der Waals surface area contributed by atoms with Gasteiger partial charge in [0.1, 0.15) is 0 Å². The first-order chi connectivity index (χ1) is 7.22. The van der Waals surface area contributed by atoms with Gasteiger partial charge in [0.25, 0.3) is 0 Å².